The number of likely N-dealkylation sites (N-methyl/N-ethyl adjacent to an activating group) is 1. The van der Waals surface area contributed by atoms with Gasteiger partial charge in [0, 0.05) is 37.8 Å². The number of nitrogen functional groups attached to an aromatic ring is 1. The molecule has 1 unspecified atom stereocenters. The SMILES string of the molecule is CN1c2c(nc(N)[nH]c2=O)NCC1CNc1ccc(C(=O)N[C@@H](CCC(=O)O)C(=O)O)cc1.N[C@@H]1[C@@H](O)[C@H](O)[C@@H](CO)O[C@H]1O. The number of aliphatic hydroxyl groups excluding tert-OH is 4. The van der Waals surface area contributed by atoms with E-state index in [9.17, 15) is 34.5 Å². The summed E-state index contributed by atoms with van der Waals surface area (Å²) in [4.78, 5) is 54.9. The lowest BCUT2D eigenvalue weighted by molar-refractivity contribution is -0.248. The van der Waals surface area contributed by atoms with Gasteiger partial charge in [-0.2, -0.15) is 4.98 Å². The number of carbonyl (C=O) groups excluding carboxylic acids is 1. The van der Waals surface area contributed by atoms with Crippen LogP contribution in [0.15, 0.2) is 29.1 Å². The van der Waals surface area contributed by atoms with Crippen LogP contribution in [0.25, 0.3) is 0 Å². The van der Waals surface area contributed by atoms with E-state index in [-0.39, 0.29) is 36.0 Å². The molecule has 19 heteroatoms. The molecule has 7 atom stereocenters. The Morgan fingerprint density at radius 1 is 1.16 bits per heavy atom. The van der Waals surface area contributed by atoms with Crippen molar-refractivity contribution in [3.63, 3.8) is 0 Å². The quantitative estimate of drug-likeness (QED) is 0.120. The predicted molar refractivity (Wildman–Crippen MR) is 159 cm³/mol. The normalized spacial score (nSPS) is 24.6. The van der Waals surface area contributed by atoms with Crippen molar-refractivity contribution in [1.82, 2.24) is 15.3 Å². The van der Waals surface area contributed by atoms with Crippen LogP contribution in [0.3, 0.4) is 0 Å². The molecule has 0 saturated carbocycles. The van der Waals surface area contributed by atoms with E-state index in [1.165, 1.54) is 12.1 Å². The smallest absolute Gasteiger partial charge is 0.326 e. The predicted octanol–water partition coefficient (Wildman–Crippen LogP) is -3.51. The van der Waals surface area contributed by atoms with Gasteiger partial charge in [0.05, 0.1) is 18.7 Å². The van der Waals surface area contributed by atoms with Gasteiger partial charge in [0.2, 0.25) is 5.95 Å². The zero-order chi connectivity index (χ0) is 33.4. The number of anilines is 4. The first-order chi connectivity index (χ1) is 21.2. The van der Waals surface area contributed by atoms with Crippen LogP contribution in [0, 0.1) is 0 Å². The highest BCUT2D eigenvalue weighted by atomic mass is 16.6. The number of aliphatic hydroxyl groups is 4. The third-order valence-corrected chi connectivity index (χ3v) is 7.21. The summed E-state index contributed by atoms with van der Waals surface area (Å²) in [6.07, 6.45) is -5.44. The second-order valence-corrected chi connectivity index (χ2v) is 10.4. The lowest BCUT2D eigenvalue weighted by Gasteiger charge is -2.38. The van der Waals surface area contributed by atoms with E-state index in [4.69, 9.17) is 31.5 Å². The first kappa shape index (κ1) is 35.0. The fourth-order valence-corrected chi connectivity index (χ4v) is 4.54. The zero-order valence-electron chi connectivity index (χ0n) is 24.2. The number of fused-ring (bicyclic) bond motifs is 1. The molecule has 1 saturated heterocycles. The zero-order valence-corrected chi connectivity index (χ0v) is 24.2. The number of aromatic nitrogens is 2. The number of nitrogens with zero attached hydrogens (tertiary/aromatic N) is 2. The van der Waals surface area contributed by atoms with Crippen LogP contribution in [0.1, 0.15) is 23.2 Å². The molecule has 0 bridgehead atoms. The fourth-order valence-electron chi connectivity index (χ4n) is 4.54. The van der Waals surface area contributed by atoms with Gasteiger partial charge in [-0.1, -0.05) is 0 Å². The number of aliphatic carboxylic acids is 2. The van der Waals surface area contributed by atoms with Gasteiger partial charge in [-0.3, -0.25) is 19.4 Å². The fraction of sp³-hybridized carbons (Fsp3) is 0.500. The topological polar surface area (TPSA) is 319 Å². The Labute approximate surface area is 255 Å². The molecule has 19 nitrogen and oxygen atoms in total. The maximum absolute atomic E-state index is 12.3. The number of amides is 1. The van der Waals surface area contributed by atoms with Crippen LogP contribution in [0.4, 0.5) is 23.1 Å². The van der Waals surface area contributed by atoms with Crippen LogP contribution in [0.5, 0.6) is 0 Å². The number of carboxylic acid groups (broad SMARTS) is 2. The van der Waals surface area contributed by atoms with Crippen LogP contribution in [-0.4, -0.2) is 128 Å². The Kier molecular flexibility index (Phi) is 12.0. The van der Waals surface area contributed by atoms with Crippen LogP contribution >= 0.6 is 0 Å². The number of benzene rings is 1. The summed E-state index contributed by atoms with van der Waals surface area (Å²) < 4.78 is 4.70. The summed E-state index contributed by atoms with van der Waals surface area (Å²) in [5, 5.41) is 62.6. The molecule has 0 aliphatic carbocycles. The van der Waals surface area contributed by atoms with Crippen LogP contribution < -0.4 is 37.9 Å². The molecule has 2 aliphatic rings. The van der Waals surface area contributed by atoms with Crippen molar-refractivity contribution in [3.8, 4) is 0 Å². The molecule has 45 heavy (non-hydrogen) atoms. The number of aromatic amines is 1. The van der Waals surface area contributed by atoms with Crippen molar-refractivity contribution < 1.29 is 49.8 Å². The number of rotatable bonds is 10. The average molecular weight is 639 g/mol. The minimum absolute atomic E-state index is 0.0388. The number of nitrogens with one attached hydrogen (secondary N) is 4. The van der Waals surface area contributed by atoms with Gasteiger partial charge in [0.25, 0.3) is 11.5 Å². The molecule has 0 spiro atoms. The first-order valence-corrected chi connectivity index (χ1v) is 13.7. The Bertz CT molecular complexity index is 1390. The summed E-state index contributed by atoms with van der Waals surface area (Å²) in [6.45, 7) is 0.538. The summed E-state index contributed by atoms with van der Waals surface area (Å²) in [5.41, 5.74) is 11.9. The van der Waals surface area contributed by atoms with Crippen molar-refractivity contribution in [1.29, 1.82) is 0 Å². The van der Waals surface area contributed by atoms with Crippen LogP contribution in [-0.2, 0) is 14.3 Å². The Morgan fingerprint density at radius 2 is 1.82 bits per heavy atom. The Balaban J connectivity index is 0.000000385. The lowest BCUT2D eigenvalue weighted by Crippen LogP contribution is -2.61. The van der Waals surface area contributed by atoms with Crippen molar-refractivity contribution >= 4 is 41.0 Å². The summed E-state index contributed by atoms with van der Waals surface area (Å²) in [7, 11) is 1.79. The molecule has 2 aliphatic heterocycles. The third-order valence-electron chi connectivity index (χ3n) is 7.21. The third kappa shape index (κ3) is 9.00. The summed E-state index contributed by atoms with van der Waals surface area (Å²) in [5.74, 6) is -2.59. The van der Waals surface area contributed by atoms with Crippen molar-refractivity contribution in [2.45, 2.75) is 55.6 Å². The molecule has 3 heterocycles. The number of ether oxygens (including phenoxy) is 1. The number of hydrogen-bond acceptors (Lipinski definition) is 15. The largest absolute Gasteiger partial charge is 0.481 e. The van der Waals surface area contributed by atoms with Gasteiger partial charge in [-0.15, -0.1) is 0 Å². The molecule has 14 N–H and O–H groups in total. The maximum Gasteiger partial charge on any atom is 0.326 e. The molecule has 0 radical (unpaired) electrons. The molecule has 248 valence electrons. The van der Waals surface area contributed by atoms with E-state index in [2.05, 4.69) is 25.9 Å². The summed E-state index contributed by atoms with van der Waals surface area (Å²) in [6, 6.07) is 3.99. The maximum atomic E-state index is 12.3. The standard InChI is InChI=1S/C20H25N7O6.C6H13NO5/c1-27-12(9-23-16-15(27)18(31)26-20(21)25-16)8-22-11-4-2-10(3-5-11)17(30)24-13(19(32)33)6-7-14(28)29;7-3-5(10)4(9)2(1-8)12-6(3)11/h2-5,12-13,22H,6-9H2,1H3,(H,24,30)(H,28,29)(H,32,33)(H4,21,23,25,26,31);2-6,8-11H,1,7H2/t12?,13-;2-,3-,4-,5-,6-/m01/s1. The average Bonchev–Trinajstić information content (AvgIpc) is 2.99. The summed E-state index contributed by atoms with van der Waals surface area (Å²) >= 11 is 0. The number of nitrogens with two attached hydrogens (primary N) is 2. The number of carboxylic acids is 2. The molecule has 1 amide bonds. The minimum Gasteiger partial charge on any atom is -0.481 e. The molecular formula is C26H38N8O11. The van der Waals surface area contributed by atoms with Gasteiger partial charge in [-0.05, 0) is 30.7 Å². The van der Waals surface area contributed by atoms with E-state index < -0.39 is 61.1 Å². The van der Waals surface area contributed by atoms with Gasteiger partial charge in [0.15, 0.2) is 12.1 Å². The highest BCUT2D eigenvalue weighted by Gasteiger charge is 2.41. The van der Waals surface area contributed by atoms with Gasteiger partial charge < -0.3 is 67.7 Å². The van der Waals surface area contributed by atoms with E-state index in [1.807, 2.05) is 4.90 Å². The highest BCUT2D eigenvalue weighted by Crippen LogP contribution is 2.25. The second-order valence-electron chi connectivity index (χ2n) is 10.4. The van der Waals surface area contributed by atoms with Crippen molar-refractivity contribution in [2.75, 3.05) is 48.0 Å². The van der Waals surface area contributed by atoms with E-state index in [0.717, 1.165) is 5.69 Å². The monoisotopic (exact) mass is 638 g/mol. The van der Waals surface area contributed by atoms with Crippen LogP contribution in [0.2, 0.25) is 0 Å². The molecule has 1 fully saturated rings. The number of hydrogen-bond donors (Lipinski definition) is 12. The van der Waals surface area contributed by atoms with Gasteiger partial charge >= 0.3 is 11.9 Å². The van der Waals surface area contributed by atoms with Gasteiger partial charge in [0.1, 0.15) is 30.0 Å². The molecule has 1 aromatic heterocycles. The van der Waals surface area contributed by atoms with E-state index >= 15 is 0 Å². The number of H-pyrrole nitrogens is 1. The van der Waals surface area contributed by atoms with Crippen molar-refractivity contribution in [3.05, 3.63) is 40.2 Å². The van der Waals surface area contributed by atoms with E-state index in [1.54, 1.807) is 19.2 Å². The molecule has 2 aromatic rings. The van der Waals surface area contributed by atoms with Crippen molar-refractivity contribution in [2.24, 2.45) is 5.73 Å². The minimum atomic E-state index is -1.35. The second kappa shape index (κ2) is 15.5. The van der Waals surface area contributed by atoms with E-state index in [0.29, 0.717) is 24.6 Å². The Morgan fingerprint density at radius 3 is 2.42 bits per heavy atom. The lowest BCUT2D eigenvalue weighted by atomic mass is 9.98. The number of carbonyl (C=O) groups is 3. The molecule has 4 rings (SSSR count). The highest BCUT2D eigenvalue weighted by molar-refractivity contribution is 5.97. The van der Waals surface area contributed by atoms with Gasteiger partial charge in [-0.25, -0.2) is 4.79 Å². The Hall–Kier alpha value is -4.53. The molecular weight excluding hydrogens is 600 g/mol. The molecule has 1 aromatic carbocycles. The first-order valence-electron chi connectivity index (χ1n) is 13.7.